The highest BCUT2D eigenvalue weighted by Gasteiger charge is 2.12. The van der Waals surface area contributed by atoms with Gasteiger partial charge in [-0.25, -0.2) is 0 Å². The average molecular weight is 237 g/mol. The van der Waals surface area contributed by atoms with Gasteiger partial charge in [0.05, 0.1) is 18.2 Å². The van der Waals surface area contributed by atoms with Crippen LogP contribution in [-0.2, 0) is 12.8 Å². The summed E-state index contributed by atoms with van der Waals surface area (Å²) in [4.78, 5) is 0.771. The fourth-order valence-corrected chi connectivity index (χ4v) is 2.06. The fourth-order valence-electron chi connectivity index (χ4n) is 1.79. The van der Waals surface area contributed by atoms with Crippen molar-refractivity contribution in [1.82, 2.24) is 5.32 Å². The van der Waals surface area contributed by atoms with Crippen molar-refractivity contribution in [2.45, 2.75) is 12.8 Å². The van der Waals surface area contributed by atoms with E-state index in [-0.39, 0.29) is 6.61 Å². The summed E-state index contributed by atoms with van der Waals surface area (Å²) in [5, 5.41) is 11.7. The first-order valence-electron chi connectivity index (χ1n) is 5.42. The van der Waals surface area contributed by atoms with Crippen LogP contribution in [0, 0.1) is 0 Å². The Morgan fingerprint density at radius 1 is 1.50 bits per heavy atom. The largest absolute Gasteiger partial charge is 0.493 e. The highest BCUT2D eigenvalue weighted by molar-refractivity contribution is 7.80. The van der Waals surface area contributed by atoms with Crippen molar-refractivity contribution in [3.8, 4) is 5.75 Å². The summed E-state index contributed by atoms with van der Waals surface area (Å²) in [5.41, 5.74) is 2.46. The predicted molar refractivity (Wildman–Crippen MR) is 67.0 cm³/mol. The summed E-state index contributed by atoms with van der Waals surface area (Å²) in [6.45, 7) is 1.41. The van der Waals surface area contributed by atoms with E-state index in [1.165, 1.54) is 11.1 Å². The monoisotopic (exact) mass is 237 g/mol. The quantitative estimate of drug-likeness (QED) is 0.769. The number of rotatable bonds is 4. The van der Waals surface area contributed by atoms with E-state index < -0.39 is 0 Å². The van der Waals surface area contributed by atoms with Crippen molar-refractivity contribution in [1.29, 1.82) is 0 Å². The zero-order valence-corrected chi connectivity index (χ0v) is 9.85. The number of ether oxygens (including phenoxy) is 1. The van der Waals surface area contributed by atoms with Crippen LogP contribution in [0.15, 0.2) is 18.2 Å². The van der Waals surface area contributed by atoms with Gasteiger partial charge < -0.3 is 15.2 Å². The summed E-state index contributed by atoms with van der Waals surface area (Å²) in [6, 6.07) is 6.19. The van der Waals surface area contributed by atoms with Crippen LogP contribution in [0.2, 0.25) is 0 Å². The first-order valence-corrected chi connectivity index (χ1v) is 5.82. The van der Waals surface area contributed by atoms with E-state index in [1.807, 2.05) is 12.1 Å². The zero-order chi connectivity index (χ0) is 11.4. The van der Waals surface area contributed by atoms with E-state index in [2.05, 4.69) is 11.4 Å². The molecular formula is C12H15NO2S. The van der Waals surface area contributed by atoms with E-state index in [0.717, 1.165) is 30.2 Å². The molecule has 1 aromatic carbocycles. The van der Waals surface area contributed by atoms with Gasteiger partial charge in [0, 0.05) is 19.4 Å². The maximum absolute atomic E-state index is 8.67. The van der Waals surface area contributed by atoms with Gasteiger partial charge in [0.25, 0.3) is 0 Å². The predicted octanol–water partition coefficient (Wildman–Crippen LogP) is 1.07. The van der Waals surface area contributed by atoms with E-state index in [0.29, 0.717) is 6.54 Å². The number of nitrogens with one attached hydrogen (secondary N) is 1. The van der Waals surface area contributed by atoms with Gasteiger partial charge in [0.1, 0.15) is 5.75 Å². The third-order valence-corrected chi connectivity index (χ3v) is 2.84. The molecule has 0 aromatic heterocycles. The van der Waals surface area contributed by atoms with E-state index >= 15 is 0 Å². The van der Waals surface area contributed by atoms with Crippen LogP contribution < -0.4 is 10.1 Å². The molecule has 0 saturated carbocycles. The van der Waals surface area contributed by atoms with Crippen molar-refractivity contribution in [2.24, 2.45) is 0 Å². The fraction of sp³-hybridized carbons (Fsp3) is 0.417. The molecule has 2 N–H and O–H groups in total. The van der Waals surface area contributed by atoms with Crippen molar-refractivity contribution in [3.05, 3.63) is 29.3 Å². The molecule has 2 rings (SSSR count). The maximum atomic E-state index is 8.67. The average Bonchev–Trinajstić information content (AvgIpc) is 2.73. The molecule has 0 unspecified atom stereocenters. The molecule has 4 heteroatoms. The number of benzene rings is 1. The van der Waals surface area contributed by atoms with Crippen LogP contribution in [-0.4, -0.2) is 29.9 Å². The molecule has 0 aliphatic carbocycles. The Labute approximate surface area is 100 Å². The van der Waals surface area contributed by atoms with Crippen LogP contribution in [0.25, 0.3) is 0 Å². The first kappa shape index (κ1) is 11.4. The number of thiocarbonyl (C=S) groups is 1. The standard InChI is InChI=1S/C12H15NO2S/c14-5-4-13-12(16)8-9-1-2-11-10(7-9)3-6-15-11/h1-2,7,14H,3-6,8H2,(H,13,16). The van der Waals surface area contributed by atoms with Crippen LogP contribution >= 0.6 is 12.2 Å². The smallest absolute Gasteiger partial charge is 0.122 e. The molecule has 16 heavy (non-hydrogen) atoms. The number of aliphatic hydroxyl groups is 1. The summed E-state index contributed by atoms with van der Waals surface area (Å²) < 4.78 is 5.44. The summed E-state index contributed by atoms with van der Waals surface area (Å²) in [7, 11) is 0. The van der Waals surface area contributed by atoms with E-state index in [9.17, 15) is 0 Å². The summed E-state index contributed by atoms with van der Waals surface area (Å²) in [5.74, 6) is 0.998. The summed E-state index contributed by atoms with van der Waals surface area (Å²) >= 11 is 5.18. The lowest BCUT2D eigenvalue weighted by molar-refractivity contribution is 0.300. The Bertz CT molecular complexity index is 393. The molecule has 0 amide bonds. The SMILES string of the molecule is OCCNC(=S)Cc1ccc2c(c1)CCO2. The number of aliphatic hydroxyl groups excluding tert-OH is 1. The Morgan fingerprint density at radius 3 is 3.19 bits per heavy atom. The second-order valence-corrected chi connectivity index (χ2v) is 4.28. The third-order valence-electron chi connectivity index (χ3n) is 2.55. The lowest BCUT2D eigenvalue weighted by Crippen LogP contribution is -2.26. The number of fused-ring (bicyclic) bond motifs is 1. The molecule has 3 nitrogen and oxygen atoms in total. The van der Waals surface area contributed by atoms with E-state index in [4.69, 9.17) is 22.1 Å². The lowest BCUT2D eigenvalue weighted by atomic mass is 10.1. The molecule has 0 atom stereocenters. The zero-order valence-electron chi connectivity index (χ0n) is 9.03. The highest BCUT2D eigenvalue weighted by atomic mass is 32.1. The van der Waals surface area contributed by atoms with Crippen molar-refractivity contribution in [2.75, 3.05) is 19.8 Å². The van der Waals surface area contributed by atoms with Gasteiger partial charge in [-0.3, -0.25) is 0 Å². The highest BCUT2D eigenvalue weighted by Crippen LogP contribution is 2.25. The number of hydrogen-bond donors (Lipinski definition) is 2. The van der Waals surface area contributed by atoms with Crippen LogP contribution in [0.4, 0.5) is 0 Å². The first-order chi connectivity index (χ1) is 7.79. The molecule has 0 bridgehead atoms. The third kappa shape index (κ3) is 2.71. The number of hydrogen-bond acceptors (Lipinski definition) is 3. The molecule has 0 spiro atoms. The van der Waals surface area contributed by atoms with E-state index in [1.54, 1.807) is 0 Å². The molecular weight excluding hydrogens is 222 g/mol. The Morgan fingerprint density at radius 2 is 2.38 bits per heavy atom. The van der Waals surface area contributed by atoms with Crippen LogP contribution in [0.3, 0.4) is 0 Å². The molecule has 1 aliphatic heterocycles. The molecule has 1 aliphatic rings. The van der Waals surface area contributed by atoms with Gasteiger partial charge >= 0.3 is 0 Å². The molecule has 0 radical (unpaired) electrons. The van der Waals surface area contributed by atoms with Crippen molar-refractivity contribution < 1.29 is 9.84 Å². The van der Waals surface area contributed by atoms with Gasteiger partial charge in [-0.2, -0.15) is 0 Å². The van der Waals surface area contributed by atoms with Crippen molar-refractivity contribution in [3.63, 3.8) is 0 Å². The second-order valence-electron chi connectivity index (χ2n) is 3.79. The normalized spacial score (nSPS) is 13.1. The minimum absolute atomic E-state index is 0.109. The lowest BCUT2D eigenvalue weighted by Gasteiger charge is -2.07. The van der Waals surface area contributed by atoms with Gasteiger partial charge in [-0.15, -0.1) is 0 Å². The van der Waals surface area contributed by atoms with Gasteiger partial charge in [-0.1, -0.05) is 24.4 Å². The molecule has 0 fully saturated rings. The van der Waals surface area contributed by atoms with Crippen LogP contribution in [0.1, 0.15) is 11.1 Å². The topological polar surface area (TPSA) is 41.5 Å². The minimum atomic E-state index is 0.109. The van der Waals surface area contributed by atoms with Crippen molar-refractivity contribution >= 4 is 17.2 Å². The second kappa shape index (κ2) is 5.27. The Hall–Kier alpha value is -1.13. The Kier molecular flexibility index (Phi) is 3.74. The molecule has 1 aromatic rings. The molecule has 86 valence electrons. The maximum Gasteiger partial charge on any atom is 0.122 e. The molecule has 1 heterocycles. The van der Waals surface area contributed by atoms with Gasteiger partial charge in [0.2, 0.25) is 0 Å². The summed E-state index contributed by atoms with van der Waals surface area (Å²) in [6.07, 6.45) is 1.71. The molecule has 0 saturated heterocycles. The minimum Gasteiger partial charge on any atom is -0.493 e. The van der Waals surface area contributed by atoms with Gasteiger partial charge in [-0.05, 0) is 17.2 Å². The van der Waals surface area contributed by atoms with Gasteiger partial charge in [0.15, 0.2) is 0 Å². The van der Waals surface area contributed by atoms with Crippen LogP contribution in [0.5, 0.6) is 5.75 Å². The Balaban J connectivity index is 1.97.